The molecular formula is C18H14O3. The van der Waals surface area contributed by atoms with Gasteiger partial charge in [-0.25, -0.2) is 4.79 Å². The zero-order chi connectivity index (χ0) is 14.5. The molecule has 0 aliphatic heterocycles. The fourth-order valence-corrected chi connectivity index (χ4v) is 2.14. The molecular weight excluding hydrogens is 264 g/mol. The Bertz CT molecular complexity index is 648. The number of carbonyl (C=O) groups excluding carboxylic acids is 1. The first-order chi connectivity index (χ1) is 10.3. The van der Waals surface area contributed by atoms with Crippen molar-refractivity contribution >= 4 is 5.97 Å². The molecule has 0 bridgehead atoms. The highest BCUT2D eigenvalue weighted by Gasteiger charge is 2.21. The highest BCUT2D eigenvalue weighted by atomic mass is 16.6. The Balaban J connectivity index is 1.92. The minimum Gasteiger partial charge on any atom is -0.457 e. The average Bonchev–Trinajstić information content (AvgIpc) is 3.09. The summed E-state index contributed by atoms with van der Waals surface area (Å²) in [5.41, 5.74) is 1.84. The second-order valence-corrected chi connectivity index (χ2v) is 4.58. The number of rotatable bonds is 4. The summed E-state index contributed by atoms with van der Waals surface area (Å²) in [5.74, 6) is -0.274. The Morgan fingerprint density at radius 2 is 1.38 bits per heavy atom. The Kier molecular flexibility index (Phi) is 3.83. The van der Waals surface area contributed by atoms with Crippen molar-refractivity contribution in [2.24, 2.45) is 0 Å². The summed E-state index contributed by atoms with van der Waals surface area (Å²) in [4.78, 5) is 12.1. The minimum absolute atomic E-state index is 0.201. The van der Waals surface area contributed by atoms with Gasteiger partial charge in [0.05, 0.1) is 6.26 Å². The van der Waals surface area contributed by atoms with Crippen molar-refractivity contribution in [1.82, 2.24) is 0 Å². The Hall–Kier alpha value is -2.81. The van der Waals surface area contributed by atoms with Crippen LogP contribution in [-0.2, 0) is 4.74 Å². The smallest absolute Gasteiger partial charge is 0.375 e. The molecule has 3 aromatic rings. The molecule has 0 atom stereocenters. The van der Waals surface area contributed by atoms with E-state index in [0.29, 0.717) is 0 Å². The van der Waals surface area contributed by atoms with Gasteiger partial charge in [-0.15, -0.1) is 0 Å². The number of carbonyl (C=O) groups is 1. The van der Waals surface area contributed by atoms with E-state index in [0.717, 1.165) is 11.1 Å². The predicted octanol–water partition coefficient (Wildman–Crippen LogP) is 4.23. The lowest BCUT2D eigenvalue weighted by Crippen LogP contribution is -2.12. The monoisotopic (exact) mass is 278 g/mol. The zero-order valence-corrected chi connectivity index (χ0v) is 11.3. The van der Waals surface area contributed by atoms with Gasteiger partial charge in [0.2, 0.25) is 5.76 Å². The van der Waals surface area contributed by atoms with Gasteiger partial charge in [0.1, 0.15) is 0 Å². The third-order valence-electron chi connectivity index (χ3n) is 3.15. The molecule has 1 aromatic heterocycles. The summed E-state index contributed by atoms with van der Waals surface area (Å²) < 4.78 is 10.7. The molecule has 0 N–H and O–H groups in total. The van der Waals surface area contributed by atoms with Crippen LogP contribution in [0.4, 0.5) is 0 Å². The van der Waals surface area contributed by atoms with Crippen molar-refractivity contribution in [3.8, 4) is 0 Å². The standard InChI is InChI=1S/C18H14O3/c19-18(16-12-7-13-20-16)21-17(14-8-3-1-4-9-14)15-10-5-2-6-11-15/h1-13,17H. The van der Waals surface area contributed by atoms with Gasteiger partial charge >= 0.3 is 5.97 Å². The van der Waals surface area contributed by atoms with Crippen molar-refractivity contribution in [1.29, 1.82) is 0 Å². The van der Waals surface area contributed by atoms with Gasteiger partial charge in [0, 0.05) is 0 Å². The maximum atomic E-state index is 12.1. The molecule has 0 unspecified atom stereocenters. The third-order valence-corrected chi connectivity index (χ3v) is 3.15. The number of hydrogen-bond acceptors (Lipinski definition) is 3. The lowest BCUT2D eigenvalue weighted by Gasteiger charge is -2.18. The van der Waals surface area contributed by atoms with Crippen molar-refractivity contribution in [2.75, 3.05) is 0 Å². The Labute approximate surface area is 122 Å². The van der Waals surface area contributed by atoms with E-state index in [1.807, 2.05) is 60.7 Å². The third kappa shape index (κ3) is 3.03. The van der Waals surface area contributed by atoms with Crippen LogP contribution in [0.15, 0.2) is 83.5 Å². The second-order valence-electron chi connectivity index (χ2n) is 4.58. The molecule has 0 saturated heterocycles. The van der Waals surface area contributed by atoms with Crippen molar-refractivity contribution in [3.63, 3.8) is 0 Å². The van der Waals surface area contributed by atoms with E-state index >= 15 is 0 Å². The first kappa shape index (κ1) is 13.2. The normalized spacial score (nSPS) is 10.5. The Morgan fingerprint density at radius 3 is 1.86 bits per heavy atom. The van der Waals surface area contributed by atoms with E-state index in [1.165, 1.54) is 6.26 Å². The molecule has 0 saturated carbocycles. The summed E-state index contributed by atoms with van der Waals surface area (Å²) in [5, 5.41) is 0. The molecule has 0 radical (unpaired) electrons. The lowest BCUT2D eigenvalue weighted by atomic mass is 10.0. The van der Waals surface area contributed by atoms with E-state index < -0.39 is 12.1 Å². The summed E-state index contributed by atoms with van der Waals surface area (Å²) in [6.07, 6.45) is 1.00. The second kappa shape index (κ2) is 6.09. The van der Waals surface area contributed by atoms with E-state index in [-0.39, 0.29) is 5.76 Å². The Morgan fingerprint density at radius 1 is 0.810 bits per heavy atom. The number of benzene rings is 2. The van der Waals surface area contributed by atoms with Crippen LogP contribution in [0.5, 0.6) is 0 Å². The summed E-state index contributed by atoms with van der Waals surface area (Å²) >= 11 is 0. The van der Waals surface area contributed by atoms with Crippen LogP contribution in [-0.4, -0.2) is 5.97 Å². The molecule has 2 aromatic carbocycles. The van der Waals surface area contributed by atoms with Crippen LogP contribution < -0.4 is 0 Å². The van der Waals surface area contributed by atoms with E-state index in [9.17, 15) is 4.79 Å². The molecule has 0 spiro atoms. The van der Waals surface area contributed by atoms with Gasteiger partial charge in [-0.3, -0.25) is 0 Å². The van der Waals surface area contributed by atoms with Crippen LogP contribution in [0.3, 0.4) is 0 Å². The molecule has 3 nitrogen and oxygen atoms in total. The highest BCUT2D eigenvalue weighted by molar-refractivity contribution is 5.86. The first-order valence-electron chi connectivity index (χ1n) is 6.69. The average molecular weight is 278 g/mol. The molecule has 1 heterocycles. The van der Waals surface area contributed by atoms with E-state index in [4.69, 9.17) is 9.15 Å². The van der Waals surface area contributed by atoms with E-state index in [1.54, 1.807) is 12.1 Å². The molecule has 0 aliphatic carbocycles. The molecule has 104 valence electrons. The van der Waals surface area contributed by atoms with Crippen LogP contribution in [0.1, 0.15) is 27.8 Å². The maximum absolute atomic E-state index is 12.1. The van der Waals surface area contributed by atoms with Crippen LogP contribution in [0.25, 0.3) is 0 Å². The number of furan rings is 1. The van der Waals surface area contributed by atoms with Gasteiger partial charge in [-0.05, 0) is 23.3 Å². The summed E-state index contributed by atoms with van der Waals surface area (Å²) in [6, 6.07) is 22.6. The molecule has 0 fully saturated rings. The van der Waals surface area contributed by atoms with Gasteiger partial charge in [-0.2, -0.15) is 0 Å². The van der Waals surface area contributed by atoms with Gasteiger partial charge in [0.25, 0.3) is 0 Å². The van der Waals surface area contributed by atoms with Crippen molar-refractivity contribution < 1.29 is 13.9 Å². The van der Waals surface area contributed by atoms with Gasteiger partial charge in [-0.1, -0.05) is 60.7 Å². The van der Waals surface area contributed by atoms with Crippen molar-refractivity contribution in [3.05, 3.63) is 95.9 Å². The largest absolute Gasteiger partial charge is 0.457 e. The molecule has 3 heteroatoms. The molecule has 21 heavy (non-hydrogen) atoms. The first-order valence-corrected chi connectivity index (χ1v) is 6.69. The summed E-state index contributed by atoms with van der Waals surface area (Å²) in [7, 11) is 0. The maximum Gasteiger partial charge on any atom is 0.375 e. The molecule has 0 aliphatic rings. The van der Waals surface area contributed by atoms with Gasteiger partial charge in [0.15, 0.2) is 6.10 Å². The quantitative estimate of drug-likeness (QED) is 0.670. The fraction of sp³-hybridized carbons (Fsp3) is 0.0556. The SMILES string of the molecule is O=C(OC(c1ccccc1)c1ccccc1)c1ccco1. The van der Waals surface area contributed by atoms with Crippen molar-refractivity contribution in [2.45, 2.75) is 6.10 Å². The predicted molar refractivity (Wildman–Crippen MR) is 78.9 cm³/mol. The fourth-order valence-electron chi connectivity index (χ4n) is 2.14. The van der Waals surface area contributed by atoms with Gasteiger partial charge < -0.3 is 9.15 Å². The number of ether oxygens (including phenoxy) is 1. The van der Waals surface area contributed by atoms with E-state index in [2.05, 4.69) is 0 Å². The topological polar surface area (TPSA) is 39.4 Å². The van der Waals surface area contributed by atoms with Crippen LogP contribution in [0.2, 0.25) is 0 Å². The molecule has 3 rings (SSSR count). The number of esters is 1. The zero-order valence-electron chi connectivity index (χ0n) is 11.3. The molecule has 0 amide bonds. The van der Waals surface area contributed by atoms with Crippen LogP contribution >= 0.6 is 0 Å². The highest BCUT2D eigenvalue weighted by Crippen LogP contribution is 2.26. The lowest BCUT2D eigenvalue weighted by molar-refractivity contribution is 0.0341. The minimum atomic E-state index is -0.474. The van der Waals surface area contributed by atoms with Crippen LogP contribution in [0, 0.1) is 0 Å². The number of hydrogen-bond donors (Lipinski definition) is 0. The summed E-state index contributed by atoms with van der Waals surface area (Å²) in [6.45, 7) is 0.